The van der Waals surface area contributed by atoms with Crippen LogP contribution in [0.2, 0.25) is 0 Å². The molecular weight excluding hydrogens is 288 g/mol. The molecule has 0 spiro atoms. The fourth-order valence-corrected chi connectivity index (χ4v) is 2.29. The van der Waals surface area contributed by atoms with E-state index in [0.717, 1.165) is 22.3 Å². The topological polar surface area (TPSA) is 35.8 Å². The fourth-order valence-electron chi connectivity index (χ4n) is 1.66. The number of halogens is 1. The number of anilines is 1. The second kappa shape index (κ2) is 5.70. The van der Waals surface area contributed by atoms with Gasteiger partial charge in [0.1, 0.15) is 0 Å². The van der Waals surface area contributed by atoms with E-state index in [2.05, 4.69) is 52.4 Å². The molecule has 0 aliphatic rings. The molecular formula is C15H13BrN2. The van der Waals surface area contributed by atoms with Gasteiger partial charge in [0.15, 0.2) is 0 Å². The number of hydrogen-bond acceptors (Lipinski definition) is 2. The van der Waals surface area contributed by atoms with Crippen LogP contribution in [0.5, 0.6) is 0 Å². The van der Waals surface area contributed by atoms with Crippen molar-refractivity contribution >= 4 is 21.6 Å². The van der Waals surface area contributed by atoms with Crippen LogP contribution < -0.4 is 5.32 Å². The van der Waals surface area contributed by atoms with E-state index in [9.17, 15) is 0 Å². The third kappa shape index (κ3) is 3.12. The molecule has 0 aliphatic carbocycles. The Kier molecular flexibility index (Phi) is 4.01. The molecule has 2 aromatic rings. The average molecular weight is 301 g/mol. The minimum atomic E-state index is 0.690. The third-order valence-corrected chi connectivity index (χ3v) is 3.35. The van der Waals surface area contributed by atoms with Crippen LogP contribution in [-0.2, 0) is 6.54 Å². The molecule has 3 heteroatoms. The van der Waals surface area contributed by atoms with E-state index in [1.807, 2.05) is 24.3 Å². The van der Waals surface area contributed by atoms with Crippen molar-refractivity contribution in [2.75, 3.05) is 5.32 Å². The molecule has 0 heterocycles. The highest BCUT2D eigenvalue weighted by Crippen LogP contribution is 2.23. The molecule has 2 aromatic carbocycles. The molecule has 18 heavy (non-hydrogen) atoms. The maximum absolute atomic E-state index is 8.73. The predicted octanol–water partition coefficient (Wildman–Crippen LogP) is 4.24. The summed E-state index contributed by atoms with van der Waals surface area (Å²) in [5, 5.41) is 12.1. The first-order valence-corrected chi connectivity index (χ1v) is 6.47. The molecule has 0 radical (unpaired) electrons. The molecule has 0 aromatic heterocycles. The Morgan fingerprint density at radius 2 is 1.89 bits per heavy atom. The highest BCUT2D eigenvalue weighted by atomic mass is 79.9. The Morgan fingerprint density at radius 3 is 2.50 bits per heavy atom. The Morgan fingerprint density at radius 1 is 1.17 bits per heavy atom. The largest absolute Gasteiger partial charge is 0.380 e. The molecule has 0 saturated heterocycles. The molecule has 0 bridgehead atoms. The van der Waals surface area contributed by atoms with Gasteiger partial charge in [0, 0.05) is 16.7 Å². The van der Waals surface area contributed by atoms with Gasteiger partial charge in [-0.25, -0.2) is 0 Å². The summed E-state index contributed by atoms with van der Waals surface area (Å²) in [6.45, 7) is 2.81. The summed E-state index contributed by atoms with van der Waals surface area (Å²) < 4.78 is 1.07. The van der Waals surface area contributed by atoms with Gasteiger partial charge in [-0.05, 0) is 58.2 Å². The lowest BCUT2D eigenvalue weighted by Gasteiger charge is -2.09. The van der Waals surface area contributed by atoms with Gasteiger partial charge in [-0.2, -0.15) is 5.26 Å². The maximum atomic E-state index is 8.73. The molecule has 2 nitrogen and oxygen atoms in total. The number of benzene rings is 2. The monoisotopic (exact) mass is 300 g/mol. The van der Waals surface area contributed by atoms with Crippen molar-refractivity contribution in [1.82, 2.24) is 0 Å². The van der Waals surface area contributed by atoms with Crippen molar-refractivity contribution in [2.24, 2.45) is 0 Å². The minimum Gasteiger partial charge on any atom is -0.380 e. The van der Waals surface area contributed by atoms with E-state index in [4.69, 9.17) is 5.26 Å². The van der Waals surface area contributed by atoms with Gasteiger partial charge in [0.2, 0.25) is 0 Å². The Balaban J connectivity index is 2.04. The van der Waals surface area contributed by atoms with Crippen molar-refractivity contribution in [2.45, 2.75) is 13.5 Å². The summed E-state index contributed by atoms with van der Waals surface area (Å²) in [6, 6.07) is 15.9. The minimum absolute atomic E-state index is 0.690. The van der Waals surface area contributed by atoms with Crippen molar-refractivity contribution in [1.29, 1.82) is 5.26 Å². The first-order chi connectivity index (χ1) is 8.69. The predicted molar refractivity (Wildman–Crippen MR) is 77.4 cm³/mol. The zero-order valence-electron chi connectivity index (χ0n) is 10.1. The number of hydrogen-bond donors (Lipinski definition) is 1. The molecule has 0 unspecified atom stereocenters. The van der Waals surface area contributed by atoms with E-state index < -0.39 is 0 Å². The van der Waals surface area contributed by atoms with Gasteiger partial charge in [0.25, 0.3) is 0 Å². The molecule has 0 atom stereocenters. The highest BCUT2D eigenvalue weighted by Gasteiger charge is 2.00. The van der Waals surface area contributed by atoms with Crippen LogP contribution in [0.1, 0.15) is 16.7 Å². The van der Waals surface area contributed by atoms with Gasteiger partial charge in [-0.3, -0.25) is 0 Å². The molecule has 90 valence electrons. The van der Waals surface area contributed by atoms with Crippen LogP contribution >= 0.6 is 15.9 Å². The number of nitrogens with one attached hydrogen (secondary N) is 1. The summed E-state index contributed by atoms with van der Waals surface area (Å²) >= 11 is 3.54. The molecule has 0 saturated carbocycles. The smallest absolute Gasteiger partial charge is 0.0991 e. The van der Waals surface area contributed by atoms with Crippen LogP contribution in [0.4, 0.5) is 5.69 Å². The van der Waals surface area contributed by atoms with E-state index in [0.29, 0.717) is 5.56 Å². The maximum Gasteiger partial charge on any atom is 0.0991 e. The second-order valence-corrected chi connectivity index (χ2v) is 5.00. The summed E-state index contributed by atoms with van der Waals surface area (Å²) in [5.74, 6) is 0. The van der Waals surface area contributed by atoms with Gasteiger partial charge in [-0.1, -0.05) is 18.2 Å². The van der Waals surface area contributed by atoms with E-state index >= 15 is 0 Å². The zero-order valence-corrected chi connectivity index (χ0v) is 11.7. The highest BCUT2D eigenvalue weighted by molar-refractivity contribution is 9.10. The molecule has 1 N–H and O–H groups in total. The number of aryl methyl sites for hydroxylation is 1. The normalized spacial score (nSPS) is 9.83. The number of rotatable bonds is 3. The first kappa shape index (κ1) is 12.7. The average Bonchev–Trinajstić information content (AvgIpc) is 2.38. The summed E-state index contributed by atoms with van der Waals surface area (Å²) in [7, 11) is 0. The Hall–Kier alpha value is -1.79. The van der Waals surface area contributed by atoms with Gasteiger partial charge >= 0.3 is 0 Å². The lowest BCUT2D eigenvalue weighted by atomic mass is 10.1. The van der Waals surface area contributed by atoms with E-state index in [1.165, 1.54) is 5.56 Å². The lowest BCUT2D eigenvalue weighted by Crippen LogP contribution is -2.00. The molecule has 0 amide bonds. The van der Waals surface area contributed by atoms with E-state index in [1.54, 1.807) is 0 Å². The van der Waals surface area contributed by atoms with Crippen molar-refractivity contribution in [3.05, 3.63) is 63.6 Å². The van der Waals surface area contributed by atoms with Gasteiger partial charge in [0.05, 0.1) is 11.6 Å². The fraction of sp³-hybridized carbons (Fsp3) is 0.133. The third-order valence-electron chi connectivity index (χ3n) is 2.69. The summed E-state index contributed by atoms with van der Waals surface area (Å²) in [6.07, 6.45) is 0. The van der Waals surface area contributed by atoms with Crippen LogP contribution in [0.3, 0.4) is 0 Å². The van der Waals surface area contributed by atoms with Crippen molar-refractivity contribution in [3.8, 4) is 6.07 Å². The van der Waals surface area contributed by atoms with Crippen LogP contribution in [0.25, 0.3) is 0 Å². The Bertz CT molecular complexity index is 582. The standard InChI is InChI=1S/C15H13BrN2/c1-11-2-7-15(14(16)8-11)18-10-13-5-3-12(9-17)4-6-13/h2-8,18H,10H2,1H3. The summed E-state index contributed by atoms with van der Waals surface area (Å²) in [4.78, 5) is 0. The second-order valence-electron chi connectivity index (χ2n) is 4.15. The first-order valence-electron chi connectivity index (χ1n) is 5.68. The van der Waals surface area contributed by atoms with Gasteiger partial charge < -0.3 is 5.32 Å². The molecule has 2 rings (SSSR count). The SMILES string of the molecule is Cc1ccc(NCc2ccc(C#N)cc2)c(Br)c1. The zero-order chi connectivity index (χ0) is 13.0. The van der Waals surface area contributed by atoms with Gasteiger partial charge in [-0.15, -0.1) is 0 Å². The number of nitriles is 1. The Labute approximate surface area is 115 Å². The lowest BCUT2D eigenvalue weighted by molar-refractivity contribution is 1.14. The quantitative estimate of drug-likeness (QED) is 0.920. The number of nitrogens with zero attached hydrogens (tertiary/aromatic N) is 1. The van der Waals surface area contributed by atoms with Crippen LogP contribution in [-0.4, -0.2) is 0 Å². The van der Waals surface area contributed by atoms with Crippen LogP contribution in [0.15, 0.2) is 46.9 Å². The molecule has 0 fully saturated rings. The van der Waals surface area contributed by atoms with Crippen molar-refractivity contribution < 1.29 is 0 Å². The van der Waals surface area contributed by atoms with Crippen molar-refractivity contribution in [3.63, 3.8) is 0 Å². The van der Waals surface area contributed by atoms with Crippen LogP contribution in [0, 0.1) is 18.3 Å². The summed E-state index contributed by atoms with van der Waals surface area (Å²) in [5.41, 5.74) is 4.15. The van der Waals surface area contributed by atoms with E-state index in [-0.39, 0.29) is 0 Å². The molecule has 0 aliphatic heterocycles.